The van der Waals surface area contributed by atoms with Crippen LogP contribution in [0.3, 0.4) is 0 Å². The lowest BCUT2D eigenvalue weighted by molar-refractivity contribution is -0.0364. The van der Waals surface area contributed by atoms with Crippen molar-refractivity contribution >= 4 is 0 Å². The molecular weight excluding hydrogens is 376 g/mol. The topological polar surface area (TPSA) is 69.0 Å². The van der Waals surface area contributed by atoms with Gasteiger partial charge >= 0.3 is 0 Å². The lowest BCUT2D eigenvalue weighted by atomic mass is 9.73. The van der Waals surface area contributed by atoms with Crippen molar-refractivity contribution in [3.63, 3.8) is 0 Å². The fourth-order valence-corrected chi connectivity index (χ4v) is 6.68. The number of hydrazine groups is 1. The molecule has 0 aromatic rings. The van der Waals surface area contributed by atoms with E-state index in [1.807, 2.05) is 0 Å². The summed E-state index contributed by atoms with van der Waals surface area (Å²) in [7, 11) is 2.24. The van der Waals surface area contributed by atoms with E-state index in [0.29, 0.717) is 30.2 Å². The zero-order valence-electron chi connectivity index (χ0n) is 19.6. The molecule has 3 aliphatic heterocycles. The summed E-state index contributed by atoms with van der Waals surface area (Å²) in [4.78, 5) is 5.19. The molecule has 6 atom stereocenters. The van der Waals surface area contributed by atoms with E-state index in [-0.39, 0.29) is 0 Å². The zero-order chi connectivity index (χ0) is 21.1. The fourth-order valence-electron chi connectivity index (χ4n) is 6.68. The first kappa shape index (κ1) is 22.9. The van der Waals surface area contributed by atoms with Gasteiger partial charge in [0, 0.05) is 63.3 Å². The van der Waals surface area contributed by atoms with Crippen LogP contribution in [0.25, 0.3) is 0 Å². The van der Waals surface area contributed by atoms with Crippen molar-refractivity contribution in [1.82, 2.24) is 25.6 Å². The van der Waals surface area contributed by atoms with Crippen molar-refractivity contribution in [1.29, 1.82) is 0 Å². The predicted octanol–water partition coefficient (Wildman–Crippen LogP) is 0.917. The Bertz CT molecular complexity index is 528. The normalized spacial score (nSPS) is 39.0. The van der Waals surface area contributed by atoms with E-state index >= 15 is 0 Å². The minimum atomic E-state index is 0.455. The van der Waals surface area contributed by atoms with Gasteiger partial charge in [0.2, 0.25) is 0 Å². The molecule has 4 N–H and O–H groups in total. The fraction of sp³-hybridized carbons (Fsp3) is 1.00. The van der Waals surface area contributed by atoms with Crippen LogP contribution >= 0.6 is 0 Å². The number of rotatable bonds is 7. The highest BCUT2D eigenvalue weighted by Crippen LogP contribution is 2.39. The molecule has 4 rings (SSSR count). The number of nitrogens with zero attached hydrogens (tertiary/aromatic N) is 3. The van der Waals surface area contributed by atoms with Crippen LogP contribution in [-0.2, 0) is 4.74 Å². The van der Waals surface area contributed by atoms with Gasteiger partial charge in [-0.25, -0.2) is 5.01 Å². The van der Waals surface area contributed by atoms with Gasteiger partial charge in [0.15, 0.2) is 0 Å². The van der Waals surface area contributed by atoms with Crippen LogP contribution in [0.5, 0.6) is 0 Å². The second-order valence-corrected chi connectivity index (χ2v) is 10.5. The molecule has 1 saturated carbocycles. The largest absolute Gasteiger partial charge is 0.379 e. The van der Waals surface area contributed by atoms with Gasteiger partial charge in [-0.05, 0) is 58.4 Å². The Kier molecular flexibility index (Phi) is 8.06. The average Bonchev–Trinajstić information content (AvgIpc) is 3.18. The number of likely N-dealkylation sites (N-methyl/N-ethyl adjacent to an activating group) is 1. The second kappa shape index (κ2) is 10.6. The third kappa shape index (κ3) is 5.20. The lowest BCUT2D eigenvalue weighted by Crippen LogP contribution is -2.64. The molecule has 7 heteroatoms. The van der Waals surface area contributed by atoms with E-state index in [1.165, 1.54) is 38.6 Å². The van der Waals surface area contributed by atoms with Gasteiger partial charge in [-0.1, -0.05) is 6.42 Å². The smallest absolute Gasteiger partial charge is 0.0794 e. The average molecular weight is 423 g/mol. The Balaban J connectivity index is 1.45. The molecule has 0 spiro atoms. The first-order chi connectivity index (χ1) is 14.6. The van der Waals surface area contributed by atoms with Gasteiger partial charge in [-0.3, -0.25) is 15.6 Å². The minimum absolute atomic E-state index is 0.455. The van der Waals surface area contributed by atoms with E-state index in [1.54, 1.807) is 0 Å². The summed E-state index contributed by atoms with van der Waals surface area (Å²) in [6.07, 6.45) is 7.27. The van der Waals surface area contributed by atoms with Crippen molar-refractivity contribution in [2.24, 2.45) is 23.5 Å². The predicted molar refractivity (Wildman–Crippen MR) is 122 cm³/mol. The van der Waals surface area contributed by atoms with E-state index in [2.05, 4.69) is 46.4 Å². The van der Waals surface area contributed by atoms with Gasteiger partial charge in [0.25, 0.3) is 0 Å². The first-order valence-corrected chi connectivity index (χ1v) is 12.5. The highest BCUT2D eigenvalue weighted by atomic mass is 16.5. The molecule has 0 radical (unpaired) electrons. The van der Waals surface area contributed by atoms with Crippen LogP contribution < -0.4 is 16.5 Å². The van der Waals surface area contributed by atoms with Crippen LogP contribution in [0.4, 0.5) is 0 Å². The van der Waals surface area contributed by atoms with Crippen molar-refractivity contribution in [2.45, 2.75) is 70.2 Å². The van der Waals surface area contributed by atoms with Gasteiger partial charge < -0.3 is 15.4 Å². The molecule has 0 aromatic heterocycles. The van der Waals surface area contributed by atoms with Crippen molar-refractivity contribution < 1.29 is 4.74 Å². The highest BCUT2D eigenvalue weighted by molar-refractivity contribution is 5.02. The third-order valence-electron chi connectivity index (χ3n) is 8.13. The molecule has 7 nitrogen and oxygen atoms in total. The summed E-state index contributed by atoms with van der Waals surface area (Å²) in [5.41, 5.74) is 9.51. The number of piperidine rings is 1. The number of nitrogens with one attached hydrogen (secondary N) is 2. The van der Waals surface area contributed by atoms with Gasteiger partial charge in [-0.15, -0.1) is 0 Å². The maximum absolute atomic E-state index is 5.78. The van der Waals surface area contributed by atoms with Crippen molar-refractivity contribution in [2.75, 3.05) is 59.5 Å². The summed E-state index contributed by atoms with van der Waals surface area (Å²) < 4.78 is 5.68. The van der Waals surface area contributed by atoms with Gasteiger partial charge in [0.05, 0.1) is 19.4 Å². The van der Waals surface area contributed by atoms with E-state index in [0.717, 1.165) is 57.8 Å². The maximum Gasteiger partial charge on any atom is 0.0794 e. The van der Waals surface area contributed by atoms with Crippen LogP contribution in [-0.4, -0.2) is 98.6 Å². The number of fused-ring (bicyclic) bond motifs is 1. The Labute approximate surface area is 184 Å². The molecule has 4 aliphatic rings. The number of hydrogen-bond donors (Lipinski definition) is 3. The maximum atomic E-state index is 5.78. The molecule has 0 aromatic carbocycles. The van der Waals surface area contributed by atoms with Crippen LogP contribution in [0.1, 0.15) is 46.0 Å². The molecule has 3 heterocycles. The number of morpholine rings is 1. The summed E-state index contributed by atoms with van der Waals surface area (Å²) in [6, 6.07) is 1.81. The molecule has 30 heavy (non-hydrogen) atoms. The number of hydrogen-bond acceptors (Lipinski definition) is 7. The molecule has 0 amide bonds. The summed E-state index contributed by atoms with van der Waals surface area (Å²) in [5, 5.41) is 6.66. The van der Waals surface area contributed by atoms with Crippen molar-refractivity contribution in [3.8, 4) is 0 Å². The van der Waals surface area contributed by atoms with E-state index in [4.69, 9.17) is 10.5 Å². The summed E-state index contributed by atoms with van der Waals surface area (Å²) in [5.74, 6) is 2.29. The molecule has 0 bridgehead atoms. The minimum Gasteiger partial charge on any atom is -0.379 e. The SMILES string of the molecule is CC(C)N1NCC2C(N3CCOCC3)CC(C3CCCC(CN(C)CCN)C3)NC21. The van der Waals surface area contributed by atoms with E-state index < -0.39 is 0 Å². The molecule has 1 aliphatic carbocycles. The summed E-state index contributed by atoms with van der Waals surface area (Å²) in [6.45, 7) is 12.7. The Morgan fingerprint density at radius 3 is 2.70 bits per heavy atom. The van der Waals surface area contributed by atoms with Crippen LogP contribution in [0.2, 0.25) is 0 Å². The third-order valence-corrected chi connectivity index (χ3v) is 8.13. The Morgan fingerprint density at radius 2 is 1.97 bits per heavy atom. The molecule has 3 saturated heterocycles. The molecule has 4 fully saturated rings. The van der Waals surface area contributed by atoms with Crippen LogP contribution in [0, 0.1) is 17.8 Å². The van der Waals surface area contributed by atoms with Gasteiger partial charge in [-0.2, -0.15) is 0 Å². The monoisotopic (exact) mass is 422 g/mol. The molecular formula is C23H46N6O. The lowest BCUT2D eigenvalue weighted by Gasteiger charge is -2.50. The molecule has 6 unspecified atom stereocenters. The zero-order valence-corrected chi connectivity index (χ0v) is 19.6. The number of ether oxygens (including phenoxy) is 1. The van der Waals surface area contributed by atoms with E-state index in [9.17, 15) is 0 Å². The van der Waals surface area contributed by atoms with Crippen molar-refractivity contribution in [3.05, 3.63) is 0 Å². The highest BCUT2D eigenvalue weighted by Gasteiger charge is 2.48. The first-order valence-electron chi connectivity index (χ1n) is 12.5. The Hall–Kier alpha value is -0.280. The number of nitrogens with two attached hydrogens (primary N) is 1. The second-order valence-electron chi connectivity index (χ2n) is 10.5. The van der Waals surface area contributed by atoms with Gasteiger partial charge in [0.1, 0.15) is 0 Å². The standard InChI is InChI=1S/C23H46N6O/c1-17(2)29-23-20(15-25-29)22(28-9-11-30-12-10-28)14-21(26-23)19-6-4-5-18(13-19)16-27(3)8-7-24/h17-23,25-26H,4-16,24H2,1-3H3. The Morgan fingerprint density at radius 1 is 1.17 bits per heavy atom. The van der Waals surface area contributed by atoms with Crippen LogP contribution in [0.15, 0.2) is 0 Å². The quantitative estimate of drug-likeness (QED) is 0.564. The summed E-state index contributed by atoms with van der Waals surface area (Å²) >= 11 is 0. The molecule has 174 valence electrons.